The summed E-state index contributed by atoms with van der Waals surface area (Å²) in [4.78, 5) is 64.1. The molecule has 11 nitrogen and oxygen atoms in total. The molecule has 0 saturated carbocycles. The van der Waals surface area contributed by atoms with Gasteiger partial charge in [0.1, 0.15) is 11.3 Å². The zero-order valence-corrected chi connectivity index (χ0v) is 19.7. The van der Waals surface area contributed by atoms with E-state index in [9.17, 15) is 24.0 Å². The van der Waals surface area contributed by atoms with Crippen molar-refractivity contribution in [2.24, 2.45) is 0 Å². The van der Waals surface area contributed by atoms with Gasteiger partial charge in [0.05, 0.1) is 13.7 Å². The zero-order chi connectivity index (χ0) is 25.9. The van der Waals surface area contributed by atoms with Gasteiger partial charge in [-0.05, 0) is 47.7 Å². The maximum atomic E-state index is 13.1. The van der Waals surface area contributed by atoms with Crippen LogP contribution in [0.5, 0.6) is 5.75 Å². The molecule has 0 aromatic heterocycles. The molecule has 6 rings (SSSR count). The van der Waals surface area contributed by atoms with Crippen LogP contribution in [0.2, 0.25) is 0 Å². The van der Waals surface area contributed by atoms with E-state index in [2.05, 4.69) is 33.1 Å². The van der Waals surface area contributed by atoms with E-state index in [1.54, 1.807) is 36.4 Å². The largest absolute Gasteiger partial charge is 0.497 e. The fourth-order valence-electron chi connectivity index (χ4n) is 5.46. The molecule has 2 fully saturated rings. The van der Waals surface area contributed by atoms with Crippen molar-refractivity contribution < 1.29 is 28.7 Å². The summed E-state index contributed by atoms with van der Waals surface area (Å²) in [5.74, 6) is 5.10. The van der Waals surface area contributed by atoms with Gasteiger partial charge in [-0.3, -0.25) is 25.0 Å². The summed E-state index contributed by atoms with van der Waals surface area (Å²) in [7, 11) is 1.51. The summed E-state index contributed by atoms with van der Waals surface area (Å²) < 4.78 is 5.22. The maximum Gasteiger partial charge on any atom is 0.323 e. The highest BCUT2D eigenvalue weighted by molar-refractivity contribution is 6.10. The first-order valence-corrected chi connectivity index (χ1v) is 11.6. The number of benzene rings is 2. The van der Waals surface area contributed by atoms with E-state index in [4.69, 9.17) is 4.74 Å². The Morgan fingerprint density at radius 1 is 1.00 bits per heavy atom. The van der Waals surface area contributed by atoms with Crippen LogP contribution >= 0.6 is 0 Å². The number of nitrogens with zero attached hydrogens (tertiary/aromatic N) is 1. The van der Waals surface area contributed by atoms with Gasteiger partial charge in [0.15, 0.2) is 0 Å². The van der Waals surface area contributed by atoms with Crippen LogP contribution in [-0.4, -0.2) is 53.9 Å². The Bertz CT molecular complexity index is 1510. The lowest BCUT2D eigenvalue weighted by Crippen LogP contribution is -2.54. The minimum absolute atomic E-state index is 0.162. The van der Waals surface area contributed by atoms with E-state index < -0.39 is 35.0 Å². The van der Waals surface area contributed by atoms with Crippen LogP contribution in [-0.2, 0) is 28.1 Å². The molecular weight excluding hydrogens is 478 g/mol. The van der Waals surface area contributed by atoms with Crippen molar-refractivity contribution in [2.75, 3.05) is 13.7 Å². The number of imide groups is 2. The van der Waals surface area contributed by atoms with Crippen molar-refractivity contribution >= 4 is 29.8 Å². The minimum Gasteiger partial charge on any atom is -0.497 e. The SMILES string of the molecule is COc1ccc2c(c1)C(=O)N(CC1(C#Cc3cccc4c3CC[C@]43NC(=O)NC3=O)NC(=O)NC1=O)C2. The second-order valence-corrected chi connectivity index (χ2v) is 9.39. The Kier molecular flexibility index (Phi) is 4.78. The van der Waals surface area contributed by atoms with Gasteiger partial charge in [-0.25, -0.2) is 9.59 Å². The first-order chi connectivity index (χ1) is 17.7. The second kappa shape index (κ2) is 7.83. The Labute approximate surface area is 210 Å². The van der Waals surface area contributed by atoms with Crippen molar-refractivity contribution in [3.05, 3.63) is 64.2 Å². The van der Waals surface area contributed by atoms with E-state index in [1.165, 1.54) is 12.0 Å². The van der Waals surface area contributed by atoms with E-state index in [0.717, 1.165) is 11.1 Å². The van der Waals surface area contributed by atoms with E-state index >= 15 is 0 Å². The number of hydrogen-bond acceptors (Lipinski definition) is 6. The summed E-state index contributed by atoms with van der Waals surface area (Å²) in [6.45, 7) is 0.0909. The Hall–Kier alpha value is -4.85. The van der Waals surface area contributed by atoms with Crippen LogP contribution in [0.15, 0.2) is 36.4 Å². The predicted octanol–water partition coefficient (Wildman–Crippen LogP) is 0.262. The van der Waals surface area contributed by atoms with Gasteiger partial charge in [0.2, 0.25) is 5.54 Å². The van der Waals surface area contributed by atoms with Gasteiger partial charge in [0.25, 0.3) is 17.7 Å². The molecule has 0 bridgehead atoms. The third kappa shape index (κ3) is 3.33. The summed E-state index contributed by atoms with van der Waals surface area (Å²) in [6.07, 6.45) is 0.867. The number of carbonyl (C=O) groups is 5. The summed E-state index contributed by atoms with van der Waals surface area (Å²) in [5, 5.41) is 9.85. The highest BCUT2D eigenvalue weighted by Gasteiger charge is 2.52. The molecule has 0 radical (unpaired) electrons. The van der Waals surface area contributed by atoms with Gasteiger partial charge in [-0.15, -0.1) is 0 Å². The molecule has 1 unspecified atom stereocenters. The zero-order valence-electron chi connectivity index (χ0n) is 19.7. The number of urea groups is 2. The quantitative estimate of drug-likeness (QED) is 0.352. The molecule has 1 aliphatic carbocycles. The molecule has 2 atom stereocenters. The van der Waals surface area contributed by atoms with Gasteiger partial charge in [-0.1, -0.05) is 30.0 Å². The third-order valence-electron chi connectivity index (χ3n) is 7.30. The molecule has 2 aromatic carbocycles. The topological polar surface area (TPSA) is 146 Å². The molecule has 4 aliphatic rings. The van der Waals surface area contributed by atoms with Gasteiger partial charge < -0.3 is 20.3 Å². The Morgan fingerprint density at radius 2 is 1.78 bits per heavy atom. The minimum atomic E-state index is -1.67. The molecule has 7 amide bonds. The third-order valence-corrected chi connectivity index (χ3v) is 7.30. The average Bonchev–Trinajstić information content (AvgIpc) is 3.57. The molecule has 186 valence electrons. The van der Waals surface area contributed by atoms with Gasteiger partial charge in [0, 0.05) is 17.7 Å². The molecule has 2 aromatic rings. The predicted molar refractivity (Wildman–Crippen MR) is 127 cm³/mol. The molecule has 3 aliphatic heterocycles. The molecule has 1 spiro atoms. The lowest BCUT2D eigenvalue weighted by molar-refractivity contribution is -0.124. The first-order valence-electron chi connectivity index (χ1n) is 11.6. The molecule has 2 saturated heterocycles. The summed E-state index contributed by atoms with van der Waals surface area (Å²) >= 11 is 0. The molecular formula is C26H21N5O6. The molecule has 3 heterocycles. The fraction of sp³-hybridized carbons (Fsp3) is 0.269. The van der Waals surface area contributed by atoms with Crippen molar-refractivity contribution in [3.8, 4) is 17.6 Å². The smallest absolute Gasteiger partial charge is 0.323 e. The maximum absolute atomic E-state index is 13.1. The standard InChI is InChI=1S/C26H21N5O6/c1-37-16-6-5-15-12-31(20(32)18(15)11-16)13-25(21(33)27-23(35)29-25)9-7-14-3-2-4-19-17(14)8-10-26(19)22(34)28-24(36)30-26/h2-6,11H,8,10,12-13H2,1H3,(H2,27,29,33,35)(H2,28,30,34,36)/t25?,26-/m0/s1. The van der Waals surface area contributed by atoms with Crippen molar-refractivity contribution in [1.29, 1.82) is 0 Å². The van der Waals surface area contributed by atoms with Crippen LogP contribution in [0, 0.1) is 11.8 Å². The van der Waals surface area contributed by atoms with Crippen LogP contribution in [0.25, 0.3) is 0 Å². The van der Waals surface area contributed by atoms with Gasteiger partial charge >= 0.3 is 12.1 Å². The number of methoxy groups -OCH3 is 1. The average molecular weight is 499 g/mol. The summed E-state index contributed by atoms with van der Waals surface area (Å²) in [6, 6.07) is 9.19. The second-order valence-electron chi connectivity index (χ2n) is 9.39. The van der Waals surface area contributed by atoms with Crippen LogP contribution in [0.4, 0.5) is 9.59 Å². The molecule has 37 heavy (non-hydrogen) atoms. The number of ether oxygens (including phenoxy) is 1. The highest BCUT2D eigenvalue weighted by atomic mass is 16.5. The van der Waals surface area contributed by atoms with Crippen LogP contribution in [0.3, 0.4) is 0 Å². The highest BCUT2D eigenvalue weighted by Crippen LogP contribution is 2.40. The van der Waals surface area contributed by atoms with E-state index in [-0.39, 0.29) is 19.0 Å². The Morgan fingerprint density at radius 3 is 2.49 bits per heavy atom. The number of carbonyl (C=O) groups excluding carboxylic acids is 5. The normalized spacial score (nSPS) is 25.2. The number of nitrogens with one attached hydrogen (secondary N) is 4. The molecule has 4 N–H and O–H groups in total. The van der Waals surface area contributed by atoms with Crippen LogP contribution < -0.4 is 26.0 Å². The lowest BCUT2D eigenvalue weighted by Gasteiger charge is -2.26. The van der Waals surface area contributed by atoms with E-state index in [0.29, 0.717) is 35.3 Å². The Balaban J connectivity index is 1.34. The van der Waals surface area contributed by atoms with Crippen LogP contribution in [0.1, 0.15) is 39.0 Å². The number of hydrogen-bond donors (Lipinski definition) is 4. The number of amides is 7. The monoisotopic (exact) mass is 499 g/mol. The van der Waals surface area contributed by atoms with E-state index in [1.807, 2.05) is 0 Å². The van der Waals surface area contributed by atoms with Crippen molar-refractivity contribution in [3.63, 3.8) is 0 Å². The fourth-order valence-corrected chi connectivity index (χ4v) is 5.46. The molecule has 11 heteroatoms. The number of rotatable bonds is 3. The van der Waals surface area contributed by atoms with Crippen molar-refractivity contribution in [2.45, 2.75) is 30.5 Å². The first kappa shape index (κ1) is 22.6. The lowest BCUT2D eigenvalue weighted by atomic mass is 9.91. The number of fused-ring (bicyclic) bond motifs is 3. The van der Waals surface area contributed by atoms with Crippen molar-refractivity contribution in [1.82, 2.24) is 26.2 Å². The summed E-state index contributed by atoms with van der Waals surface area (Å²) in [5.41, 5.74) is 0.431. The van der Waals surface area contributed by atoms with Gasteiger partial charge in [-0.2, -0.15) is 0 Å².